The second-order valence-electron chi connectivity index (χ2n) is 3.70. The van der Waals surface area contributed by atoms with E-state index in [2.05, 4.69) is 30.5 Å². The predicted octanol–water partition coefficient (Wildman–Crippen LogP) is -1.13. The molecular formula is C8H12N8O2S2. The SMILES string of the molecule is CS(=O)(=O)CCSc1nc(NN)nc(-n2cncn2)n1. The Hall–Kier alpha value is -1.79. The van der Waals surface area contributed by atoms with Gasteiger partial charge in [0.2, 0.25) is 5.95 Å². The summed E-state index contributed by atoms with van der Waals surface area (Å²) in [5.41, 5.74) is 2.32. The van der Waals surface area contributed by atoms with E-state index in [4.69, 9.17) is 5.84 Å². The van der Waals surface area contributed by atoms with Gasteiger partial charge in [-0.3, -0.25) is 5.43 Å². The number of hydrogen-bond acceptors (Lipinski definition) is 10. The lowest BCUT2D eigenvalue weighted by molar-refractivity contribution is 0.603. The highest BCUT2D eigenvalue weighted by atomic mass is 32.2. The maximum Gasteiger partial charge on any atom is 0.257 e. The lowest BCUT2D eigenvalue weighted by Gasteiger charge is -2.05. The van der Waals surface area contributed by atoms with Crippen molar-refractivity contribution in [3.05, 3.63) is 12.7 Å². The van der Waals surface area contributed by atoms with Crippen LogP contribution in [-0.4, -0.2) is 55.9 Å². The monoisotopic (exact) mass is 316 g/mol. The van der Waals surface area contributed by atoms with Crippen LogP contribution in [0.4, 0.5) is 5.95 Å². The quantitative estimate of drug-likeness (QED) is 0.382. The van der Waals surface area contributed by atoms with Gasteiger partial charge in [0, 0.05) is 12.0 Å². The van der Waals surface area contributed by atoms with Crippen molar-refractivity contribution in [3.63, 3.8) is 0 Å². The first-order valence-electron chi connectivity index (χ1n) is 5.36. The number of nitrogens with two attached hydrogens (primary N) is 1. The minimum atomic E-state index is -3.02. The summed E-state index contributed by atoms with van der Waals surface area (Å²) >= 11 is 1.19. The number of aromatic nitrogens is 6. The van der Waals surface area contributed by atoms with Gasteiger partial charge >= 0.3 is 0 Å². The zero-order valence-corrected chi connectivity index (χ0v) is 12.1. The lowest BCUT2D eigenvalue weighted by atomic mass is 10.8. The van der Waals surface area contributed by atoms with Gasteiger partial charge in [0.15, 0.2) is 5.16 Å². The van der Waals surface area contributed by atoms with E-state index < -0.39 is 9.84 Å². The minimum absolute atomic E-state index is 0.0351. The Morgan fingerprint density at radius 1 is 1.40 bits per heavy atom. The number of thioether (sulfide) groups is 1. The second-order valence-corrected chi connectivity index (χ2v) is 7.03. The lowest BCUT2D eigenvalue weighted by Crippen LogP contribution is -2.14. The van der Waals surface area contributed by atoms with Gasteiger partial charge in [-0.2, -0.15) is 24.7 Å². The molecule has 0 bridgehead atoms. The van der Waals surface area contributed by atoms with E-state index in [1.54, 1.807) is 0 Å². The molecule has 12 heteroatoms. The fourth-order valence-corrected chi connectivity index (χ4v) is 3.20. The first-order chi connectivity index (χ1) is 9.48. The highest BCUT2D eigenvalue weighted by Gasteiger charge is 2.10. The summed E-state index contributed by atoms with van der Waals surface area (Å²) in [6.45, 7) is 0. The molecule has 0 radical (unpaired) electrons. The van der Waals surface area contributed by atoms with E-state index in [9.17, 15) is 8.42 Å². The smallest absolute Gasteiger partial charge is 0.257 e. The average molecular weight is 316 g/mol. The van der Waals surface area contributed by atoms with Crippen LogP contribution >= 0.6 is 11.8 Å². The molecule has 0 amide bonds. The number of nitrogens with zero attached hydrogens (tertiary/aromatic N) is 6. The third kappa shape index (κ3) is 4.11. The topological polar surface area (TPSA) is 142 Å². The van der Waals surface area contributed by atoms with Crippen molar-refractivity contribution >= 4 is 27.5 Å². The molecule has 2 rings (SSSR count). The van der Waals surface area contributed by atoms with Crippen molar-refractivity contribution < 1.29 is 8.42 Å². The molecule has 0 saturated carbocycles. The molecule has 108 valence electrons. The third-order valence-electron chi connectivity index (χ3n) is 2.04. The maximum atomic E-state index is 11.1. The molecule has 0 atom stereocenters. The molecule has 2 aromatic rings. The maximum absolute atomic E-state index is 11.1. The van der Waals surface area contributed by atoms with Crippen molar-refractivity contribution in [2.24, 2.45) is 5.84 Å². The molecule has 10 nitrogen and oxygen atoms in total. The minimum Gasteiger partial charge on any atom is -0.292 e. The van der Waals surface area contributed by atoms with E-state index in [1.165, 1.54) is 35.4 Å². The molecule has 0 aliphatic heterocycles. The Morgan fingerprint density at radius 3 is 2.80 bits per heavy atom. The Morgan fingerprint density at radius 2 is 2.20 bits per heavy atom. The van der Waals surface area contributed by atoms with Crippen LogP contribution in [0.25, 0.3) is 5.95 Å². The predicted molar refractivity (Wildman–Crippen MR) is 73.0 cm³/mol. The van der Waals surface area contributed by atoms with Gasteiger partial charge in [0.05, 0.1) is 5.75 Å². The normalized spacial score (nSPS) is 11.5. The summed E-state index contributed by atoms with van der Waals surface area (Å²) in [6, 6.07) is 0. The fraction of sp³-hybridized carbons (Fsp3) is 0.375. The molecule has 3 N–H and O–H groups in total. The van der Waals surface area contributed by atoms with Gasteiger partial charge in [-0.15, -0.1) is 0 Å². The number of hydrazine groups is 1. The summed E-state index contributed by atoms with van der Waals surface area (Å²) < 4.78 is 23.5. The van der Waals surface area contributed by atoms with E-state index in [1.807, 2.05) is 0 Å². The fourth-order valence-electron chi connectivity index (χ4n) is 1.17. The summed E-state index contributed by atoms with van der Waals surface area (Å²) in [4.78, 5) is 16.0. The van der Waals surface area contributed by atoms with Crippen LogP contribution in [0.2, 0.25) is 0 Å². The van der Waals surface area contributed by atoms with Gasteiger partial charge < -0.3 is 0 Å². The van der Waals surface area contributed by atoms with Crippen LogP contribution in [0, 0.1) is 0 Å². The van der Waals surface area contributed by atoms with Crippen molar-refractivity contribution in [3.8, 4) is 5.95 Å². The summed E-state index contributed by atoms with van der Waals surface area (Å²) in [5.74, 6) is 6.06. The van der Waals surface area contributed by atoms with Gasteiger partial charge in [-0.05, 0) is 0 Å². The zero-order valence-electron chi connectivity index (χ0n) is 10.5. The van der Waals surface area contributed by atoms with Crippen LogP contribution in [-0.2, 0) is 9.84 Å². The molecular weight excluding hydrogens is 304 g/mol. The molecule has 20 heavy (non-hydrogen) atoms. The largest absolute Gasteiger partial charge is 0.292 e. The van der Waals surface area contributed by atoms with Crippen molar-refractivity contribution in [2.75, 3.05) is 23.2 Å². The van der Waals surface area contributed by atoms with Crippen LogP contribution < -0.4 is 11.3 Å². The molecule has 2 heterocycles. The highest BCUT2D eigenvalue weighted by molar-refractivity contribution is 8.00. The second kappa shape index (κ2) is 6.11. The van der Waals surface area contributed by atoms with Crippen LogP contribution in [0.5, 0.6) is 0 Å². The van der Waals surface area contributed by atoms with E-state index in [-0.39, 0.29) is 17.6 Å². The van der Waals surface area contributed by atoms with Crippen LogP contribution in [0.15, 0.2) is 17.8 Å². The van der Waals surface area contributed by atoms with E-state index in [0.717, 1.165) is 0 Å². The van der Waals surface area contributed by atoms with Gasteiger partial charge in [0.1, 0.15) is 22.5 Å². The number of sulfone groups is 1. The molecule has 0 saturated heterocycles. The van der Waals surface area contributed by atoms with Gasteiger partial charge in [-0.1, -0.05) is 11.8 Å². The summed E-state index contributed by atoms with van der Waals surface area (Å²) in [7, 11) is -3.02. The molecule has 0 aliphatic rings. The molecule has 0 fully saturated rings. The standard InChI is InChI=1S/C8H12N8O2S2/c1-20(17,18)3-2-19-8-13-6(15-9)12-7(14-8)16-5-10-4-11-16/h4-5H,2-3,9H2,1H3,(H,12,13,14,15). The molecule has 2 aromatic heterocycles. The van der Waals surface area contributed by atoms with E-state index in [0.29, 0.717) is 10.9 Å². The van der Waals surface area contributed by atoms with E-state index >= 15 is 0 Å². The van der Waals surface area contributed by atoms with Gasteiger partial charge in [-0.25, -0.2) is 19.2 Å². The Balaban J connectivity index is 2.18. The average Bonchev–Trinajstić information content (AvgIpc) is 2.90. The Labute approximate surface area is 119 Å². The number of rotatable bonds is 6. The summed E-state index contributed by atoms with van der Waals surface area (Å²) in [5, 5.41) is 4.25. The Kier molecular flexibility index (Phi) is 4.46. The van der Waals surface area contributed by atoms with Crippen molar-refractivity contribution in [1.82, 2.24) is 29.7 Å². The number of nitrogens with one attached hydrogen (secondary N) is 1. The molecule has 0 spiro atoms. The van der Waals surface area contributed by atoms with Crippen molar-refractivity contribution in [2.45, 2.75) is 5.16 Å². The van der Waals surface area contributed by atoms with Crippen LogP contribution in [0.3, 0.4) is 0 Å². The zero-order chi connectivity index (χ0) is 14.6. The number of anilines is 1. The van der Waals surface area contributed by atoms with Gasteiger partial charge in [0.25, 0.3) is 5.95 Å². The highest BCUT2D eigenvalue weighted by Crippen LogP contribution is 2.15. The molecule has 0 unspecified atom stereocenters. The molecule has 0 aromatic carbocycles. The van der Waals surface area contributed by atoms with Crippen molar-refractivity contribution in [1.29, 1.82) is 0 Å². The Bertz CT molecular complexity index is 672. The first kappa shape index (κ1) is 14.6. The summed E-state index contributed by atoms with van der Waals surface area (Å²) in [6.07, 6.45) is 3.95. The van der Waals surface area contributed by atoms with Crippen LogP contribution in [0.1, 0.15) is 0 Å². The number of hydrogen-bond donors (Lipinski definition) is 2. The first-order valence-corrected chi connectivity index (χ1v) is 8.41. The molecule has 0 aliphatic carbocycles. The third-order valence-corrected chi connectivity index (χ3v) is 4.09. The number of nitrogen functional groups attached to an aromatic ring is 1.